The van der Waals surface area contributed by atoms with Crippen LogP contribution in [0.3, 0.4) is 0 Å². The number of imide groups is 1. The molecule has 3 aromatic carbocycles. The van der Waals surface area contributed by atoms with E-state index in [1.165, 1.54) is 4.90 Å². The molecule has 3 amide bonds. The number of urea groups is 1. The second-order valence-electron chi connectivity index (χ2n) is 7.31. The molecular formula is C24H18ClN3O2. The second-order valence-corrected chi connectivity index (χ2v) is 7.74. The van der Waals surface area contributed by atoms with Crippen LogP contribution in [0.5, 0.6) is 0 Å². The summed E-state index contributed by atoms with van der Waals surface area (Å²) in [4.78, 5) is 26.8. The average Bonchev–Trinajstić information content (AvgIpc) is 2.98. The number of hydrogen-bond donors (Lipinski definition) is 1. The van der Waals surface area contributed by atoms with Gasteiger partial charge in [0.2, 0.25) is 0 Å². The summed E-state index contributed by atoms with van der Waals surface area (Å²) in [7, 11) is 0. The number of halogens is 1. The minimum absolute atomic E-state index is 0.161. The molecule has 148 valence electrons. The fraction of sp³-hybridized carbons (Fsp3) is 0.125. The number of amides is 3. The van der Waals surface area contributed by atoms with E-state index in [1.54, 1.807) is 37.3 Å². The minimum atomic E-state index is -1.13. The number of carbonyl (C=O) groups excluding carboxylic acids is 2. The van der Waals surface area contributed by atoms with E-state index in [4.69, 9.17) is 11.6 Å². The summed E-state index contributed by atoms with van der Waals surface area (Å²) in [6, 6.07) is 23.5. The molecule has 1 fully saturated rings. The molecule has 4 rings (SSSR count). The zero-order valence-electron chi connectivity index (χ0n) is 16.2. The predicted molar refractivity (Wildman–Crippen MR) is 114 cm³/mol. The van der Waals surface area contributed by atoms with Gasteiger partial charge in [-0.25, -0.2) is 4.79 Å². The van der Waals surface area contributed by atoms with E-state index in [9.17, 15) is 14.9 Å². The van der Waals surface area contributed by atoms with Crippen molar-refractivity contribution in [1.29, 1.82) is 5.26 Å². The van der Waals surface area contributed by atoms with Gasteiger partial charge in [0.15, 0.2) is 0 Å². The molecule has 0 saturated carbocycles. The van der Waals surface area contributed by atoms with Crippen molar-refractivity contribution in [2.24, 2.45) is 0 Å². The molecule has 0 bridgehead atoms. The van der Waals surface area contributed by atoms with Gasteiger partial charge in [-0.3, -0.25) is 9.69 Å². The molecular weight excluding hydrogens is 398 g/mol. The van der Waals surface area contributed by atoms with Crippen LogP contribution >= 0.6 is 11.6 Å². The number of rotatable bonds is 4. The fourth-order valence-electron chi connectivity index (χ4n) is 3.62. The van der Waals surface area contributed by atoms with Gasteiger partial charge >= 0.3 is 6.03 Å². The van der Waals surface area contributed by atoms with Crippen LogP contribution in [0.15, 0.2) is 72.8 Å². The molecule has 1 aliphatic heterocycles. The van der Waals surface area contributed by atoms with Gasteiger partial charge in [-0.2, -0.15) is 5.26 Å². The number of nitriles is 1. The lowest BCUT2D eigenvalue weighted by Crippen LogP contribution is -2.40. The molecule has 0 aromatic heterocycles. The molecule has 1 unspecified atom stereocenters. The van der Waals surface area contributed by atoms with Crippen LogP contribution in [0, 0.1) is 11.3 Å². The Bertz CT molecular complexity index is 1170. The van der Waals surface area contributed by atoms with Gasteiger partial charge in [-0.05, 0) is 47.4 Å². The smallest absolute Gasteiger partial charge is 0.319 e. The third-order valence-electron chi connectivity index (χ3n) is 5.35. The first kappa shape index (κ1) is 19.7. The monoisotopic (exact) mass is 415 g/mol. The first-order valence-corrected chi connectivity index (χ1v) is 9.79. The third-order valence-corrected chi connectivity index (χ3v) is 5.60. The standard InChI is InChI=1S/C24H18ClN3O2/c1-24(19-10-12-20(25)13-11-19)22(29)28(23(30)27-24)15-16-6-8-17(9-7-16)21-5-3-2-4-18(21)14-26/h2-13H,15H2,1H3,(H,27,30). The maximum Gasteiger partial charge on any atom is 0.325 e. The summed E-state index contributed by atoms with van der Waals surface area (Å²) in [6.07, 6.45) is 0. The Morgan fingerprint density at radius 3 is 2.33 bits per heavy atom. The van der Waals surface area contributed by atoms with E-state index in [-0.39, 0.29) is 12.5 Å². The molecule has 30 heavy (non-hydrogen) atoms. The fourth-order valence-corrected chi connectivity index (χ4v) is 3.75. The normalized spacial score (nSPS) is 18.2. The zero-order valence-corrected chi connectivity index (χ0v) is 17.0. The lowest BCUT2D eigenvalue weighted by atomic mass is 9.92. The maximum absolute atomic E-state index is 13.1. The Morgan fingerprint density at radius 2 is 1.67 bits per heavy atom. The highest BCUT2D eigenvalue weighted by molar-refractivity contribution is 6.30. The van der Waals surface area contributed by atoms with Crippen molar-refractivity contribution in [2.75, 3.05) is 0 Å². The Morgan fingerprint density at radius 1 is 1.00 bits per heavy atom. The lowest BCUT2D eigenvalue weighted by Gasteiger charge is -2.22. The van der Waals surface area contributed by atoms with Crippen LogP contribution in [0.2, 0.25) is 5.02 Å². The minimum Gasteiger partial charge on any atom is -0.319 e. The Labute approximate surface area is 179 Å². The quantitative estimate of drug-likeness (QED) is 0.619. The van der Waals surface area contributed by atoms with E-state index in [2.05, 4.69) is 11.4 Å². The van der Waals surface area contributed by atoms with Gasteiger partial charge in [0.05, 0.1) is 18.2 Å². The molecule has 3 aromatic rings. The average molecular weight is 416 g/mol. The van der Waals surface area contributed by atoms with Crippen LogP contribution < -0.4 is 5.32 Å². The van der Waals surface area contributed by atoms with Crippen molar-refractivity contribution in [3.63, 3.8) is 0 Å². The van der Waals surface area contributed by atoms with E-state index in [1.807, 2.05) is 42.5 Å². The largest absolute Gasteiger partial charge is 0.325 e. The second kappa shape index (κ2) is 7.66. The van der Waals surface area contributed by atoms with Crippen molar-refractivity contribution < 1.29 is 9.59 Å². The van der Waals surface area contributed by atoms with E-state index in [0.29, 0.717) is 16.1 Å². The van der Waals surface area contributed by atoms with E-state index >= 15 is 0 Å². The molecule has 0 spiro atoms. The van der Waals surface area contributed by atoms with Crippen LogP contribution in [-0.4, -0.2) is 16.8 Å². The first-order valence-electron chi connectivity index (χ1n) is 9.41. The molecule has 1 heterocycles. The molecule has 1 atom stereocenters. The molecule has 0 aliphatic carbocycles. The summed E-state index contributed by atoms with van der Waals surface area (Å²) in [5.74, 6) is -0.311. The lowest BCUT2D eigenvalue weighted by molar-refractivity contribution is -0.131. The van der Waals surface area contributed by atoms with Crippen molar-refractivity contribution in [2.45, 2.75) is 19.0 Å². The van der Waals surface area contributed by atoms with Gasteiger partial charge in [-0.15, -0.1) is 0 Å². The van der Waals surface area contributed by atoms with Crippen LogP contribution in [0.25, 0.3) is 11.1 Å². The number of carbonyl (C=O) groups is 2. The number of hydrogen-bond acceptors (Lipinski definition) is 3. The SMILES string of the molecule is CC1(c2ccc(Cl)cc2)NC(=O)N(Cc2ccc(-c3ccccc3C#N)cc2)C1=O. The van der Waals surface area contributed by atoms with Crippen LogP contribution in [-0.2, 0) is 16.9 Å². The highest BCUT2D eigenvalue weighted by atomic mass is 35.5. The summed E-state index contributed by atoms with van der Waals surface area (Å²) in [5.41, 5.74) is 2.70. The zero-order chi connectivity index (χ0) is 21.3. The van der Waals surface area contributed by atoms with E-state index < -0.39 is 11.6 Å². The first-order chi connectivity index (χ1) is 14.4. The van der Waals surface area contributed by atoms with Gasteiger partial charge in [0, 0.05) is 5.02 Å². The number of benzene rings is 3. The van der Waals surface area contributed by atoms with Crippen LogP contribution in [0.1, 0.15) is 23.6 Å². The Kier molecular flexibility index (Phi) is 5.03. The van der Waals surface area contributed by atoms with Crippen molar-refractivity contribution in [3.8, 4) is 17.2 Å². The topological polar surface area (TPSA) is 73.2 Å². The summed E-state index contributed by atoms with van der Waals surface area (Å²) < 4.78 is 0. The van der Waals surface area contributed by atoms with Gasteiger partial charge in [-0.1, -0.05) is 66.2 Å². The van der Waals surface area contributed by atoms with Gasteiger partial charge < -0.3 is 5.32 Å². The molecule has 1 aliphatic rings. The summed E-state index contributed by atoms with van der Waals surface area (Å²) in [5, 5.41) is 12.7. The predicted octanol–water partition coefficient (Wildman–Crippen LogP) is 4.85. The van der Waals surface area contributed by atoms with Crippen molar-refractivity contribution in [1.82, 2.24) is 10.2 Å². The van der Waals surface area contributed by atoms with Crippen molar-refractivity contribution in [3.05, 3.63) is 94.5 Å². The van der Waals surface area contributed by atoms with Gasteiger partial charge in [0.1, 0.15) is 5.54 Å². The summed E-state index contributed by atoms with van der Waals surface area (Å²) in [6.45, 7) is 1.85. The van der Waals surface area contributed by atoms with E-state index in [0.717, 1.165) is 16.7 Å². The van der Waals surface area contributed by atoms with Crippen molar-refractivity contribution >= 4 is 23.5 Å². The maximum atomic E-state index is 13.1. The van der Waals surface area contributed by atoms with Crippen LogP contribution in [0.4, 0.5) is 4.79 Å². The number of nitrogens with zero attached hydrogens (tertiary/aromatic N) is 2. The molecule has 5 nitrogen and oxygen atoms in total. The van der Waals surface area contributed by atoms with Gasteiger partial charge in [0.25, 0.3) is 5.91 Å². The number of nitrogens with one attached hydrogen (secondary N) is 1. The molecule has 1 N–H and O–H groups in total. The highest BCUT2D eigenvalue weighted by Crippen LogP contribution is 2.31. The molecule has 0 radical (unpaired) electrons. The summed E-state index contributed by atoms with van der Waals surface area (Å²) >= 11 is 5.94. The molecule has 1 saturated heterocycles. The third kappa shape index (κ3) is 3.42. The Balaban J connectivity index is 1.56. The molecule has 6 heteroatoms. The Hall–Kier alpha value is -3.62. The highest BCUT2D eigenvalue weighted by Gasteiger charge is 2.48.